The van der Waals surface area contributed by atoms with Gasteiger partial charge in [0.05, 0.1) is 4.90 Å². The topological polar surface area (TPSA) is 54.5 Å². The van der Waals surface area contributed by atoms with Gasteiger partial charge in [0.1, 0.15) is 0 Å². The summed E-state index contributed by atoms with van der Waals surface area (Å²) in [7, 11) is -2.97. The second-order valence-corrected chi connectivity index (χ2v) is 6.33. The first-order chi connectivity index (χ1) is 9.30. The molecule has 7 heteroatoms. The molecule has 4 nitrogen and oxygen atoms in total. The minimum absolute atomic E-state index is 0.264. The van der Waals surface area contributed by atoms with E-state index in [1.807, 2.05) is 6.92 Å². The van der Waals surface area contributed by atoms with E-state index in [1.54, 1.807) is 7.05 Å². The minimum atomic E-state index is -4.61. The van der Waals surface area contributed by atoms with Gasteiger partial charge in [-0.3, -0.25) is 4.79 Å². The van der Waals surface area contributed by atoms with Crippen molar-refractivity contribution < 1.29 is 22.0 Å². The molecule has 0 unspecified atom stereocenters. The van der Waals surface area contributed by atoms with Gasteiger partial charge in [-0.25, -0.2) is 8.42 Å². The number of halogens is 2. The molecule has 0 saturated carbocycles. The quantitative estimate of drug-likeness (QED) is 0.811. The number of carbonyl (C=O) groups is 1. The maximum atomic E-state index is 12.4. The molecule has 0 aliphatic rings. The number of sulfone groups is 1. The maximum absolute atomic E-state index is 12.4. The Hall–Kier alpha value is -1.50. The van der Waals surface area contributed by atoms with Crippen molar-refractivity contribution in [2.24, 2.45) is 0 Å². The van der Waals surface area contributed by atoms with Gasteiger partial charge in [-0.1, -0.05) is 13.3 Å². The van der Waals surface area contributed by atoms with Gasteiger partial charge in [-0.15, -0.1) is 0 Å². The van der Waals surface area contributed by atoms with Gasteiger partial charge in [-0.05, 0) is 30.7 Å². The van der Waals surface area contributed by atoms with Crippen molar-refractivity contribution in [3.8, 4) is 0 Å². The molecule has 1 aromatic rings. The van der Waals surface area contributed by atoms with E-state index in [0.717, 1.165) is 25.0 Å². The number of benzene rings is 1. The molecule has 0 saturated heterocycles. The summed E-state index contributed by atoms with van der Waals surface area (Å²) in [5, 5.41) is 0. The smallest absolute Gasteiger partial charge is 0.341 e. The molecule has 0 aromatic heterocycles. The van der Waals surface area contributed by atoms with Crippen molar-refractivity contribution in [3.63, 3.8) is 0 Å². The summed E-state index contributed by atoms with van der Waals surface area (Å²) in [6.07, 6.45) is 1.81. The Balaban J connectivity index is 2.89. The number of hydrogen-bond donors (Lipinski definition) is 0. The molecule has 0 aliphatic heterocycles. The molecule has 1 amide bonds. The third kappa shape index (κ3) is 3.75. The van der Waals surface area contributed by atoms with Crippen molar-refractivity contribution in [2.45, 2.75) is 30.4 Å². The predicted molar refractivity (Wildman–Crippen MR) is 71.5 cm³/mol. The zero-order chi connectivity index (χ0) is 15.3. The second-order valence-electron chi connectivity index (χ2n) is 4.41. The van der Waals surface area contributed by atoms with Crippen LogP contribution in [0.5, 0.6) is 0 Å². The fourth-order valence-corrected chi connectivity index (χ4v) is 2.33. The predicted octanol–water partition coefficient (Wildman–Crippen LogP) is 2.56. The van der Waals surface area contributed by atoms with Crippen LogP contribution in [0.25, 0.3) is 0 Å². The van der Waals surface area contributed by atoms with Crippen LogP contribution in [0.15, 0.2) is 29.2 Å². The lowest BCUT2D eigenvalue weighted by Crippen LogP contribution is -2.27. The lowest BCUT2D eigenvalue weighted by Gasteiger charge is -2.16. The van der Waals surface area contributed by atoms with Gasteiger partial charge in [0.15, 0.2) is 0 Å². The monoisotopic (exact) mass is 305 g/mol. The molecular formula is C13H17F2NO3S. The molecule has 112 valence electrons. The lowest BCUT2D eigenvalue weighted by atomic mass is 10.2. The highest BCUT2D eigenvalue weighted by atomic mass is 32.2. The summed E-state index contributed by atoms with van der Waals surface area (Å²) in [6.45, 7) is 2.59. The zero-order valence-corrected chi connectivity index (χ0v) is 12.2. The lowest BCUT2D eigenvalue weighted by molar-refractivity contribution is 0.0793. The van der Waals surface area contributed by atoms with Gasteiger partial charge >= 0.3 is 5.76 Å². The number of hydrogen-bond acceptors (Lipinski definition) is 3. The molecule has 0 radical (unpaired) electrons. The van der Waals surface area contributed by atoms with Gasteiger partial charge in [0, 0.05) is 19.2 Å². The van der Waals surface area contributed by atoms with Gasteiger partial charge < -0.3 is 4.90 Å². The number of nitrogens with zero attached hydrogens (tertiary/aromatic N) is 1. The normalized spacial score (nSPS) is 11.7. The Labute approximate surface area is 117 Å². The van der Waals surface area contributed by atoms with Crippen LogP contribution in [0.4, 0.5) is 8.78 Å². The first-order valence-corrected chi connectivity index (χ1v) is 7.73. The molecule has 20 heavy (non-hydrogen) atoms. The fourth-order valence-electron chi connectivity index (χ4n) is 1.61. The first-order valence-electron chi connectivity index (χ1n) is 6.18. The van der Waals surface area contributed by atoms with E-state index in [9.17, 15) is 22.0 Å². The van der Waals surface area contributed by atoms with Gasteiger partial charge in [0.25, 0.3) is 5.91 Å². The second kappa shape index (κ2) is 6.78. The molecule has 1 aromatic carbocycles. The SMILES string of the molecule is CCCCN(C)C(=O)c1ccc(S(=O)(=O)C(F)F)cc1. The van der Waals surface area contributed by atoms with Crippen LogP contribution in [0.2, 0.25) is 0 Å². The van der Waals surface area contributed by atoms with E-state index in [4.69, 9.17) is 0 Å². The van der Waals surface area contributed by atoms with Crippen molar-refractivity contribution in [3.05, 3.63) is 29.8 Å². The molecule has 0 heterocycles. The zero-order valence-electron chi connectivity index (χ0n) is 11.3. The molecule has 0 N–H and O–H groups in total. The van der Waals surface area contributed by atoms with E-state index in [1.165, 1.54) is 17.0 Å². The molecule has 0 fully saturated rings. The molecule has 1 rings (SSSR count). The third-order valence-electron chi connectivity index (χ3n) is 2.86. The Morgan fingerprint density at radius 1 is 1.25 bits per heavy atom. The van der Waals surface area contributed by atoms with Crippen molar-refractivity contribution in [1.82, 2.24) is 4.90 Å². The van der Waals surface area contributed by atoms with Crippen LogP contribution in [0.3, 0.4) is 0 Å². The van der Waals surface area contributed by atoms with Crippen molar-refractivity contribution in [2.75, 3.05) is 13.6 Å². The summed E-state index contributed by atoms with van der Waals surface area (Å²) >= 11 is 0. The van der Waals surface area contributed by atoms with Crippen molar-refractivity contribution in [1.29, 1.82) is 0 Å². The number of carbonyl (C=O) groups excluding carboxylic acids is 1. The Morgan fingerprint density at radius 2 is 1.80 bits per heavy atom. The standard InChI is InChI=1S/C13H17F2NO3S/c1-3-4-9-16(2)12(17)10-5-7-11(8-6-10)20(18,19)13(14)15/h5-8,13H,3-4,9H2,1-2H3. The molecule has 0 atom stereocenters. The van der Waals surface area contributed by atoms with Crippen LogP contribution < -0.4 is 0 Å². The summed E-state index contributed by atoms with van der Waals surface area (Å²) in [5.41, 5.74) is 0.275. The van der Waals surface area contributed by atoms with Crippen LogP contribution >= 0.6 is 0 Å². The van der Waals surface area contributed by atoms with E-state index >= 15 is 0 Å². The van der Waals surface area contributed by atoms with Crippen LogP contribution in [0.1, 0.15) is 30.1 Å². The van der Waals surface area contributed by atoms with Crippen LogP contribution in [-0.4, -0.2) is 38.6 Å². The number of amides is 1. The number of alkyl halides is 2. The highest BCUT2D eigenvalue weighted by molar-refractivity contribution is 7.91. The molecular weight excluding hydrogens is 288 g/mol. The highest BCUT2D eigenvalue weighted by Crippen LogP contribution is 2.19. The number of unbranched alkanes of at least 4 members (excludes halogenated alkanes) is 1. The van der Waals surface area contributed by atoms with E-state index in [2.05, 4.69) is 0 Å². The first kappa shape index (κ1) is 16.6. The van der Waals surface area contributed by atoms with E-state index in [-0.39, 0.29) is 11.5 Å². The highest BCUT2D eigenvalue weighted by Gasteiger charge is 2.26. The van der Waals surface area contributed by atoms with Crippen molar-refractivity contribution >= 4 is 15.7 Å². The largest absolute Gasteiger partial charge is 0.342 e. The Kier molecular flexibility index (Phi) is 5.62. The third-order valence-corrected chi connectivity index (χ3v) is 4.26. The summed E-state index contributed by atoms with van der Waals surface area (Å²) < 4.78 is 47.2. The average Bonchev–Trinajstić information content (AvgIpc) is 2.43. The van der Waals surface area contributed by atoms with E-state index < -0.39 is 20.5 Å². The average molecular weight is 305 g/mol. The maximum Gasteiger partial charge on any atom is 0.341 e. The van der Waals surface area contributed by atoms with Crippen LogP contribution in [-0.2, 0) is 9.84 Å². The van der Waals surface area contributed by atoms with E-state index in [0.29, 0.717) is 6.54 Å². The van der Waals surface area contributed by atoms with Gasteiger partial charge in [-0.2, -0.15) is 8.78 Å². The Bertz CT molecular complexity index is 555. The number of rotatable bonds is 6. The fraction of sp³-hybridized carbons (Fsp3) is 0.462. The molecule has 0 spiro atoms. The summed E-state index contributed by atoms with van der Waals surface area (Å²) in [5.74, 6) is -3.73. The van der Waals surface area contributed by atoms with Crippen LogP contribution in [0, 0.1) is 0 Å². The molecule has 0 aliphatic carbocycles. The Morgan fingerprint density at radius 3 is 2.25 bits per heavy atom. The minimum Gasteiger partial charge on any atom is -0.342 e. The summed E-state index contributed by atoms with van der Waals surface area (Å²) in [4.78, 5) is 13.0. The summed E-state index contributed by atoms with van der Waals surface area (Å²) in [6, 6.07) is 4.56. The van der Waals surface area contributed by atoms with Gasteiger partial charge in [0.2, 0.25) is 9.84 Å². The molecule has 0 bridgehead atoms.